The highest BCUT2D eigenvalue weighted by Gasteiger charge is 2.35. The number of hydrogen-bond donors (Lipinski definition) is 0. The monoisotopic (exact) mass is 380 g/mol. The minimum absolute atomic E-state index is 0.0470. The standard InChI is InChI=1S/C22H24N2O4/c1-4-27-15-7-5-14(6-8-15)24-18-12-22(2,3)13-19(25)16(18)11-17(21(24)26)20-23-9-10-28-20/h5-8,11H,4,9-10,12-13H2,1-3H3. The van der Waals surface area contributed by atoms with E-state index in [1.165, 1.54) is 0 Å². The van der Waals surface area contributed by atoms with E-state index in [0.717, 1.165) is 11.4 Å². The van der Waals surface area contributed by atoms with Gasteiger partial charge in [-0.1, -0.05) is 13.8 Å². The number of pyridine rings is 1. The van der Waals surface area contributed by atoms with Crippen molar-refractivity contribution in [1.82, 2.24) is 4.57 Å². The van der Waals surface area contributed by atoms with E-state index in [-0.39, 0.29) is 16.8 Å². The van der Waals surface area contributed by atoms with Crippen LogP contribution in [0.25, 0.3) is 5.69 Å². The third-order valence-corrected chi connectivity index (χ3v) is 5.11. The fourth-order valence-corrected chi connectivity index (χ4v) is 3.90. The minimum atomic E-state index is -0.214. The summed E-state index contributed by atoms with van der Waals surface area (Å²) in [5.74, 6) is 1.11. The highest BCUT2D eigenvalue weighted by atomic mass is 16.5. The van der Waals surface area contributed by atoms with Crippen molar-refractivity contribution in [2.24, 2.45) is 10.4 Å². The molecule has 0 radical (unpaired) electrons. The number of ether oxygens (including phenoxy) is 2. The molecule has 0 bridgehead atoms. The van der Waals surface area contributed by atoms with Crippen molar-refractivity contribution >= 4 is 11.7 Å². The number of carbonyl (C=O) groups is 1. The average molecular weight is 380 g/mol. The van der Waals surface area contributed by atoms with Crippen LogP contribution in [-0.2, 0) is 11.2 Å². The average Bonchev–Trinajstić information content (AvgIpc) is 3.16. The number of Topliss-reactive ketones (excluding diaryl/α,β-unsaturated/α-hetero) is 1. The number of ketones is 1. The molecule has 1 aliphatic heterocycles. The molecule has 146 valence electrons. The van der Waals surface area contributed by atoms with Crippen LogP contribution in [0.15, 0.2) is 40.1 Å². The molecular weight excluding hydrogens is 356 g/mol. The first-order valence-electron chi connectivity index (χ1n) is 9.62. The third kappa shape index (κ3) is 3.23. The van der Waals surface area contributed by atoms with Gasteiger partial charge < -0.3 is 9.47 Å². The number of rotatable bonds is 4. The topological polar surface area (TPSA) is 69.9 Å². The molecular formula is C22H24N2O4. The lowest BCUT2D eigenvalue weighted by atomic mass is 9.75. The molecule has 0 saturated carbocycles. The lowest BCUT2D eigenvalue weighted by molar-refractivity contribution is 0.0909. The van der Waals surface area contributed by atoms with Crippen molar-refractivity contribution in [2.75, 3.05) is 19.8 Å². The zero-order valence-electron chi connectivity index (χ0n) is 16.4. The second kappa shape index (κ2) is 6.93. The first kappa shape index (κ1) is 18.5. The third-order valence-electron chi connectivity index (χ3n) is 5.11. The van der Waals surface area contributed by atoms with Crippen LogP contribution in [0.3, 0.4) is 0 Å². The van der Waals surface area contributed by atoms with Crippen molar-refractivity contribution in [3.63, 3.8) is 0 Å². The molecule has 1 aromatic heterocycles. The van der Waals surface area contributed by atoms with Crippen molar-refractivity contribution in [3.05, 3.63) is 57.5 Å². The van der Waals surface area contributed by atoms with E-state index in [9.17, 15) is 9.59 Å². The fourth-order valence-electron chi connectivity index (χ4n) is 3.90. The SMILES string of the molecule is CCOc1ccc(-n2c3c(cc(C4=NCCO4)c2=O)C(=O)CC(C)(C)C3)cc1. The Morgan fingerprint density at radius 1 is 1.14 bits per heavy atom. The maximum atomic E-state index is 13.4. The molecule has 2 heterocycles. The molecule has 28 heavy (non-hydrogen) atoms. The van der Waals surface area contributed by atoms with E-state index in [2.05, 4.69) is 18.8 Å². The Bertz CT molecular complexity index is 1020. The fraction of sp³-hybridized carbons (Fsp3) is 0.409. The predicted molar refractivity (Wildman–Crippen MR) is 107 cm³/mol. The van der Waals surface area contributed by atoms with Crippen LogP contribution < -0.4 is 10.3 Å². The Labute approximate surface area is 163 Å². The van der Waals surface area contributed by atoms with Crippen LogP contribution in [0.1, 0.15) is 48.8 Å². The van der Waals surface area contributed by atoms with Gasteiger partial charge in [0.05, 0.1) is 13.2 Å². The Balaban J connectivity index is 1.95. The molecule has 0 atom stereocenters. The highest BCUT2D eigenvalue weighted by molar-refractivity contribution is 6.02. The Morgan fingerprint density at radius 2 is 1.89 bits per heavy atom. The van der Waals surface area contributed by atoms with E-state index < -0.39 is 0 Å². The van der Waals surface area contributed by atoms with Crippen LogP contribution in [0, 0.1) is 5.41 Å². The molecule has 6 heteroatoms. The van der Waals surface area contributed by atoms with Gasteiger partial charge in [0.15, 0.2) is 5.78 Å². The summed E-state index contributed by atoms with van der Waals surface area (Å²) in [6, 6.07) is 9.04. The van der Waals surface area contributed by atoms with Gasteiger partial charge in [0.2, 0.25) is 5.90 Å². The summed E-state index contributed by atoms with van der Waals surface area (Å²) in [5.41, 5.74) is 1.97. The van der Waals surface area contributed by atoms with Crippen LogP contribution >= 0.6 is 0 Å². The summed E-state index contributed by atoms with van der Waals surface area (Å²) in [7, 11) is 0. The smallest absolute Gasteiger partial charge is 0.268 e. The van der Waals surface area contributed by atoms with Crippen LogP contribution in [0.5, 0.6) is 5.75 Å². The second-order valence-electron chi connectivity index (χ2n) is 7.96. The summed E-state index contributed by atoms with van der Waals surface area (Å²) < 4.78 is 12.7. The number of benzene rings is 1. The Hall–Kier alpha value is -2.89. The number of hydrogen-bond acceptors (Lipinski definition) is 5. The summed E-state index contributed by atoms with van der Waals surface area (Å²) in [5, 5.41) is 0. The van der Waals surface area contributed by atoms with Gasteiger partial charge in [-0.3, -0.25) is 14.2 Å². The molecule has 2 aliphatic rings. The molecule has 0 N–H and O–H groups in total. The van der Waals surface area contributed by atoms with Crippen molar-refractivity contribution in [2.45, 2.75) is 33.6 Å². The summed E-state index contributed by atoms with van der Waals surface area (Å²) in [6.07, 6.45) is 1.10. The van der Waals surface area contributed by atoms with Gasteiger partial charge >= 0.3 is 0 Å². The normalized spacial score (nSPS) is 17.7. The van der Waals surface area contributed by atoms with Crippen molar-refractivity contribution < 1.29 is 14.3 Å². The van der Waals surface area contributed by atoms with Crippen molar-refractivity contribution in [3.8, 4) is 11.4 Å². The van der Waals surface area contributed by atoms with E-state index >= 15 is 0 Å². The molecule has 0 unspecified atom stereocenters. The van der Waals surface area contributed by atoms with Gasteiger partial charge in [0, 0.05) is 23.4 Å². The van der Waals surface area contributed by atoms with Gasteiger partial charge in [-0.25, -0.2) is 4.99 Å². The molecule has 0 fully saturated rings. The van der Waals surface area contributed by atoms with E-state index in [0.29, 0.717) is 55.3 Å². The van der Waals surface area contributed by atoms with Crippen LogP contribution in [-0.4, -0.2) is 36.0 Å². The zero-order valence-corrected chi connectivity index (χ0v) is 16.4. The van der Waals surface area contributed by atoms with Crippen molar-refractivity contribution in [1.29, 1.82) is 0 Å². The number of aromatic nitrogens is 1. The lowest BCUT2D eigenvalue weighted by Gasteiger charge is -2.32. The molecule has 6 nitrogen and oxygen atoms in total. The minimum Gasteiger partial charge on any atom is -0.494 e. The number of fused-ring (bicyclic) bond motifs is 1. The molecule has 1 aromatic carbocycles. The first-order chi connectivity index (χ1) is 13.4. The van der Waals surface area contributed by atoms with Gasteiger partial charge in [-0.2, -0.15) is 0 Å². The highest BCUT2D eigenvalue weighted by Crippen LogP contribution is 2.35. The van der Waals surface area contributed by atoms with E-state index in [1.807, 2.05) is 31.2 Å². The van der Waals surface area contributed by atoms with Gasteiger partial charge in [-0.05, 0) is 49.1 Å². The summed E-state index contributed by atoms with van der Waals surface area (Å²) in [4.78, 5) is 30.6. The summed E-state index contributed by atoms with van der Waals surface area (Å²) in [6.45, 7) is 7.59. The van der Waals surface area contributed by atoms with E-state index in [1.54, 1.807) is 10.6 Å². The molecule has 0 amide bonds. The zero-order chi connectivity index (χ0) is 19.9. The van der Waals surface area contributed by atoms with Gasteiger partial charge in [0.1, 0.15) is 17.9 Å². The van der Waals surface area contributed by atoms with Gasteiger partial charge in [0.25, 0.3) is 5.56 Å². The second-order valence-corrected chi connectivity index (χ2v) is 7.96. The van der Waals surface area contributed by atoms with Gasteiger partial charge in [-0.15, -0.1) is 0 Å². The number of aliphatic imine (C=N–C) groups is 1. The Morgan fingerprint density at radius 3 is 2.54 bits per heavy atom. The van der Waals surface area contributed by atoms with Crippen LogP contribution in [0.4, 0.5) is 0 Å². The lowest BCUT2D eigenvalue weighted by Crippen LogP contribution is -2.36. The quantitative estimate of drug-likeness (QED) is 0.817. The molecule has 0 saturated heterocycles. The number of nitrogens with zero attached hydrogens (tertiary/aromatic N) is 2. The Kier molecular flexibility index (Phi) is 4.57. The maximum absolute atomic E-state index is 13.4. The molecule has 1 aliphatic carbocycles. The summed E-state index contributed by atoms with van der Waals surface area (Å²) >= 11 is 0. The number of carbonyl (C=O) groups excluding carboxylic acids is 1. The molecule has 2 aromatic rings. The molecule has 0 spiro atoms. The largest absolute Gasteiger partial charge is 0.494 e. The molecule has 4 rings (SSSR count). The first-order valence-corrected chi connectivity index (χ1v) is 9.62. The predicted octanol–water partition coefficient (Wildman–Crippen LogP) is 3.17. The van der Waals surface area contributed by atoms with E-state index in [4.69, 9.17) is 9.47 Å². The van der Waals surface area contributed by atoms with Crippen LogP contribution in [0.2, 0.25) is 0 Å². The maximum Gasteiger partial charge on any atom is 0.268 e.